The van der Waals surface area contributed by atoms with Crippen LogP contribution in [-0.2, 0) is 19.1 Å². The van der Waals surface area contributed by atoms with Crippen molar-refractivity contribution in [3.8, 4) is 0 Å². The molecular weight excluding hydrogens is 264 g/mol. The summed E-state index contributed by atoms with van der Waals surface area (Å²) >= 11 is 0. The Kier molecular flexibility index (Phi) is 2.58. The summed E-state index contributed by atoms with van der Waals surface area (Å²) in [6.07, 6.45) is 1.78. The summed E-state index contributed by atoms with van der Waals surface area (Å²) in [6.45, 7) is 2.62. The van der Waals surface area contributed by atoms with Crippen LogP contribution in [0.5, 0.6) is 0 Å². The highest BCUT2D eigenvalue weighted by Crippen LogP contribution is 2.63. The lowest BCUT2D eigenvalue weighted by Crippen LogP contribution is -2.73. The summed E-state index contributed by atoms with van der Waals surface area (Å²) in [5.74, 6) is -0.894. The fourth-order valence-electron chi connectivity index (χ4n) is 5.17. The predicted octanol–water partition coefficient (Wildman–Crippen LogP) is 0.434. The van der Waals surface area contributed by atoms with Gasteiger partial charge in [-0.2, -0.15) is 0 Å². The van der Waals surface area contributed by atoms with Gasteiger partial charge in [-0.1, -0.05) is 0 Å². The fraction of sp³-hybridized carbons (Fsp3) is 0.857. The van der Waals surface area contributed by atoms with Crippen molar-refractivity contribution in [1.29, 1.82) is 0 Å². The van der Waals surface area contributed by atoms with Crippen LogP contribution in [0.25, 0.3) is 0 Å². The summed E-state index contributed by atoms with van der Waals surface area (Å²) in [7, 11) is 0. The van der Waals surface area contributed by atoms with E-state index < -0.39 is 34.3 Å². The van der Waals surface area contributed by atoms with Crippen LogP contribution in [0.2, 0.25) is 0 Å². The Morgan fingerprint density at radius 2 is 1.10 bits per heavy atom. The van der Waals surface area contributed by atoms with E-state index in [0.717, 1.165) is 0 Å². The molecule has 4 fully saturated rings. The van der Waals surface area contributed by atoms with Gasteiger partial charge in [-0.25, -0.2) is 0 Å². The first-order chi connectivity index (χ1) is 9.08. The third-order valence-electron chi connectivity index (χ3n) is 4.63. The maximum atomic E-state index is 11.4. The molecule has 4 bridgehead atoms. The molecule has 0 aromatic carbocycles. The maximum Gasteiger partial charge on any atom is 0.303 e. The molecule has 4 aliphatic carbocycles. The first-order valence-corrected chi connectivity index (χ1v) is 6.91. The molecule has 0 radical (unpaired) electrons. The lowest BCUT2D eigenvalue weighted by Gasteiger charge is -2.65. The van der Waals surface area contributed by atoms with Gasteiger partial charge in [-0.3, -0.25) is 9.59 Å². The van der Waals surface area contributed by atoms with Crippen molar-refractivity contribution in [2.45, 2.75) is 74.8 Å². The van der Waals surface area contributed by atoms with E-state index in [4.69, 9.17) is 9.47 Å². The molecule has 0 atom stereocenters. The normalized spacial score (nSPS) is 49.0. The van der Waals surface area contributed by atoms with Gasteiger partial charge in [0, 0.05) is 52.4 Å². The molecule has 4 aliphatic rings. The number of carbonyl (C=O) groups excluding carboxylic acids is 2. The van der Waals surface area contributed by atoms with Gasteiger partial charge in [0.05, 0.1) is 11.2 Å². The Balaban J connectivity index is 2.00. The molecule has 0 spiro atoms. The standard InChI is InChI=1S/C14H20O6/c1-9(15)19-13-4-11(17)3-12(18,5-13)7-14(6-11,8-13)20-10(2)16/h17-18H,3-8H2,1-2H3. The zero-order valence-corrected chi connectivity index (χ0v) is 11.8. The molecule has 0 unspecified atom stereocenters. The van der Waals surface area contributed by atoms with E-state index in [0.29, 0.717) is 32.1 Å². The average molecular weight is 284 g/mol. The molecule has 0 heterocycles. The molecule has 6 heteroatoms. The number of rotatable bonds is 2. The SMILES string of the molecule is CC(=O)OC12CC3(O)CC(O)(C1)CC(OC(C)=O)(C3)C2. The van der Waals surface area contributed by atoms with E-state index in [1.165, 1.54) is 13.8 Å². The zero-order chi connectivity index (χ0) is 14.8. The maximum absolute atomic E-state index is 11.4. The van der Waals surface area contributed by atoms with Crippen LogP contribution in [0.3, 0.4) is 0 Å². The summed E-state index contributed by atoms with van der Waals surface area (Å²) in [6, 6.07) is 0. The third-order valence-corrected chi connectivity index (χ3v) is 4.63. The van der Waals surface area contributed by atoms with E-state index >= 15 is 0 Å². The molecule has 0 saturated heterocycles. The second kappa shape index (κ2) is 3.74. The highest BCUT2D eigenvalue weighted by atomic mass is 16.6. The molecule has 0 aliphatic heterocycles. The zero-order valence-electron chi connectivity index (χ0n) is 11.8. The van der Waals surface area contributed by atoms with Crippen LogP contribution in [0.15, 0.2) is 0 Å². The molecule has 0 aromatic rings. The fourth-order valence-corrected chi connectivity index (χ4v) is 5.17. The van der Waals surface area contributed by atoms with Gasteiger partial charge in [0.2, 0.25) is 0 Å². The summed E-state index contributed by atoms with van der Waals surface area (Å²) in [5, 5.41) is 21.4. The van der Waals surface area contributed by atoms with Crippen molar-refractivity contribution in [3.63, 3.8) is 0 Å². The highest BCUT2D eigenvalue weighted by Gasteiger charge is 2.70. The van der Waals surface area contributed by atoms with Gasteiger partial charge < -0.3 is 19.7 Å². The summed E-state index contributed by atoms with van der Waals surface area (Å²) in [4.78, 5) is 22.7. The highest BCUT2D eigenvalue weighted by molar-refractivity contribution is 5.68. The smallest absolute Gasteiger partial charge is 0.303 e. The summed E-state index contributed by atoms with van der Waals surface area (Å²) < 4.78 is 10.9. The third kappa shape index (κ3) is 2.11. The Morgan fingerprint density at radius 3 is 1.40 bits per heavy atom. The lowest BCUT2D eigenvalue weighted by molar-refractivity contribution is -0.303. The van der Waals surface area contributed by atoms with Gasteiger partial charge in [0.15, 0.2) is 0 Å². The molecule has 0 aromatic heterocycles. The van der Waals surface area contributed by atoms with Crippen LogP contribution in [0.1, 0.15) is 52.4 Å². The number of hydrogen-bond donors (Lipinski definition) is 2. The minimum absolute atomic E-state index is 0.242. The van der Waals surface area contributed by atoms with Gasteiger partial charge >= 0.3 is 11.9 Å². The van der Waals surface area contributed by atoms with E-state index in [1.807, 2.05) is 0 Å². The number of aliphatic hydroxyl groups is 2. The topological polar surface area (TPSA) is 93.1 Å². The Bertz CT molecular complexity index is 428. The van der Waals surface area contributed by atoms with Crippen LogP contribution < -0.4 is 0 Å². The van der Waals surface area contributed by atoms with Gasteiger partial charge in [-0.15, -0.1) is 0 Å². The number of ether oxygens (including phenoxy) is 2. The first kappa shape index (κ1) is 13.8. The lowest BCUT2D eigenvalue weighted by atomic mass is 9.48. The van der Waals surface area contributed by atoms with Crippen molar-refractivity contribution < 1.29 is 29.3 Å². The molecule has 4 saturated carbocycles. The second-order valence-electron chi connectivity index (χ2n) is 7.06. The van der Waals surface area contributed by atoms with E-state index in [-0.39, 0.29) is 6.42 Å². The van der Waals surface area contributed by atoms with E-state index in [1.54, 1.807) is 0 Å². The first-order valence-electron chi connectivity index (χ1n) is 6.91. The van der Waals surface area contributed by atoms with E-state index in [2.05, 4.69) is 0 Å². The molecule has 0 amide bonds. The van der Waals surface area contributed by atoms with Crippen LogP contribution >= 0.6 is 0 Å². The minimum Gasteiger partial charge on any atom is -0.459 e. The van der Waals surface area contributed by atoms with Crippen molar-refractivity contribution in [2.24, 2.45) is 0 Å². The number of carbonyl (C=O) groups is 2. The number of esters is 2. The van der Waals surface area contributed by atoms with Crippen molar-refractivity contribution >= 4 is 11.9 Å². The predicted molar refractivity (Wildman–Crippen MR) is 66.6 cm³/mol. The molecule has 4 rings (SSSR count). The molecular formula is C14H20O6. The Hall–Kier alpha value is -1.14. The van der Waals surface area contributed by atoms with Crippen LogP contribution in [0.4, 0.5) is 0 Å². The molecule has 2 N–H and O–H groups in total. The van der Waals surface area contributed by atoms with Crippen molar-refractivity contribution in [1.82, 2.24) is 0 Å². The van der Waals surface area contributed by atoms with Gasteiger partial charge in [0.1, 0.15) is 11.2 Å². The molecule has 20 heavy (non-hydrogen) atoms. The number of hydrogen-bond acceptors (Lipinski definition) is 6. The van der Waals surface area contributed by atoms with Gasteiger partial charge in [-0.05, 0) is 0 Å². The van der Waals surface area contributed by atoms with Gasteiger partial charge in [0.25, 0.3) is 0 Å². The van der Waals surface area contributed by atoms with E-state index in [9.17, 15) is 19.8 Å². The minimum atomic E-state index is -1.14. The van der Waals surface area contributed by atoms with Crippen LogP contribution in [-0.4, -0.2) is 44.6 Å². The quantitative estimate of drug-likeness (QED) is 0.714. The van der Waals surface area contributed by atoms with Crippen LogP contribution in [0, 0.1) is 0 Å². The molecule has 6 nitrogen and oxygen atoms in total. The summed E-state index contributed by atoms with van der Waals surface area (Å²) in [5.41, 5.74) is -4.15. The average Bonchev–Trinajstić information content (AvgIpc) is 2.03. The Labute approximate surface area is 117 Å². The van der Waals surface area contributed by atoms with Crippen molar-refractivity contribution in [2.75, 3.05) is 0 Å². The monoisotopic (exact) mass is 284 g/mol. The largest absolute Gasteiger partial charge is 0.459 e. The second-order valence-corrected chi connectivity index (χ2v) is 7.06. The Morgan fingerprint density at radius 1 is 0.750 bits per heavy atom. The van der Waals surface area contributed by atoms with Crippen molar-refractivity contribution in [3.05, 3.63) is 0 Å². The molecule has 112 valence electrons.